The van der Waals surface area contributed by atoms with Gasteiger partial charge < -0.3 is 25.5 Å². The summed E-state index contributed by atoms with van der Waals surface area (Å²) in [6, 6.07) is 7.95. The third-order valence-corrected chi connectivity index (χ3v) is 6.74. The van der Waals surface area contributed by atoms with Crippen LogP contribution in [0.5, 0.6) is 0 Å². The number of aliphatic carboxylic acids is 1. The number of rotatable bonds is 3. The molecular weight excluding hydrogens is 465 g/mol. The summed E-state index contributed by atoms with van der Waals surface area (Å²) in [6.07, 6.45) is 2.96. The number of carbonyl (C=O) groups is 3. The van der Waals surface area contributed by atoms with Crippen LogP contribution in [0.15, 0.2) is 24.3 Å². The number of hydrogen-bond acceptors (Lipinski definition) is 4. The van der Waals surface area contributed by atoms with E-state index in [0.29, 0.717) is 23.2 Å². The van der Waals surface area contributed by atoms with Crippen LogP contribution in [0.2, 0.25) is 0 Å². The Labute approximate surface area is 202 Å². The Hall–Kier alpha value is -2.82. The Morgan fingerprint density at radius 1 is 0.943 bits per heavy atom. The van der Waals surface area contributed by atoms with E-state index in [0.717, 1.165) is 58.4 Å². The van der Waals surface area contributed by atoms with E-state index in [2.05, 4.69) is 10.6 Å². The van der Waals surface area contributed by atoms with E-state index in [1.807, 2.05) is 34.1 Å². The molecule has 0 spiro atoms. The number of alkyl halides is 3. The number of benzene rings is 1. The highest BCUT2D eigenvalue weighted by Gasteiger charge is 2.38. The van der Waals surface area contributed by atoms with Crippen molar-refractivity contribution in [2.75, 3.05) is 38.0 Å². The first-order chi connectivity index (χ1) is 16.6. The topological polar surface area (TPSA) is 102 Å². The van der Waals surface area contributed by atoms with Crippen LogP contribution >= 0.6 is 0 Å². The van der Waals surface area contributed by atoms with E-state index in [9.17, 15) is 22.8 Å². The molecule has 3 aliphatic heterocycles. The molecule has 0 radical (unpaired) electrons. The Morgan fingerprint density at radius 3 is 2.17 bits per heavy atom. The molecule has 3 fully saturated rings. The number of piperidine rings is 2. The average Bonchev–Trinajstić information content (AvgIpc) is 3.39. The number of anilines is 1. The van der Waals surface area contributed by atoms with Gasteiger partial charge in [0.1, 0.15) is 0 Å². The van der Waals surface area contributed by atoms with Gasteiger partial charge in [-0.1, -0.05) is 6.07 Å². The minimum absolute atomic E-state index is 0.0552. The standard InChI is InChI=1S/C22H32N4O2.C2HF3O2/c27-21(25-12-2-1-3-13-25)18-6-4-7-19(16-18)24-22(28)26-14-9-17(10-15-26)20-8-5-11-23-20;3-2(4,5)1(6)7/h4,6-7,16-17,20,23H,1-3,5,8-15H2,(H,24,28);(H,6,7). The van der Waals surface area contributed by atoms with Crippen molar-refractivity contribution in [2.45, 2.75) is 57.2 Å². The average molecular weight is 499 g/mol. The van der Waals surface area contributed by atoms with Crippen LogP contribution in [0, 0.1) is 5.92 Å². The number of likely N-dealkylation sites (tertiary alicyclic amines) is 2. The predicted molar refractivity (Wildman–Crippen MR) is 124 cm³/mol. The molecule has 3 heterocycles. The highest BCUT2D eigenvalue weighted by atomic mass is 19.4. The molecule has 1 atom stereocenters. The zero-order chi connectivity index (χ0) is 25.4. The van der Waals surface area contributed by atoms with Gasteiger partial charge in [0.15, 0.2) is 0 Å². The molecule has 1 aromatic rings. The highest BCUT2D eigenvalue weighted by Crippen LogP contribution is 2.26. The van der Waals surface area contributed by atoms with E-state index in [1.54, 1.807) is 0 Å². The van der Waals surface area contributed by atoms with Gasteiger partial charge in [0.05, 0.1) is 0 Å². The van der Waals surface area contributed by atoms with Crippen LogP contribution in [-0.4, -0.2) is 77.8 Å². The monoisotopic (exact) mass is 498 g/mol. The van der Waals surface area contributed by atoms with E-state index in [-0.39, 0.29) is 11.9 Å². The lowest BCUT2D eigenvalue weighted by atomic mass is 9.89. The Balaban J connectivity index is 0.000000429. The second-order valence-electron chi connectivity index (χ2n) is 9.19. The Morgan fingerprint density at radius 2 is 1.60 bits per heavy atom. The fourth-order valence-electron chi connectivity index (χ4n) is 4.83. The molecule has 0 bridgehead atoms. The van der Waals surface area contributed by atoms with Gasteiger partial charge in [0.2, 0.25) is 0 Å². The number of carboxylic acids is 1. The largest absolute Gasteiger partial charge is 0.490 e. The molecule has 1 aromatic carbocycles. The molecule has 3 N–H and O–H groups in total. The van der Waals surface area contributed by atoms with Crippen molar-refractivity contribution < 1.29 is 32.7 Å². The summed E-state index contributed by atoms with van der Waals surface area (Å²) in [5.74, 6) is -2.00. The predicted octanol–water partition coefficient (Wildman–Crippen LogP) is 3.94. The van der Waals surface area contributed by atoms with Gasteiger partial charge in [-0.15, -0.1) is 0 Å². The third kappa shape index (κ3) is 7.84. The van der Waals surface area contributed by atoms with Crippen LogP contribution in [0.3, 0.4) is 0 Å². The second kappa shape index (κ2) is 12.2. The molecule has 0 aromatic heterocycles. The molecule has 0 saturated carbocycles. The first-order valence-electron chi connectivity index (χ1n) is 12.1. The zero-order valence-electron chi connectivity index (χ0n) is 19.6. The lowest BCUT2D eigenvalue weighted by molar-refractivity contribution is -0.192. The molecule has 0 aliphatic carbocycles. The molecule has 3 saturated heterocycles. The Bertz CT molecular complexity index is 876. The minimum atomic E-state index is -5.08. The van der Waals surface area contributed by atoms with Crippen molar-refractivity contribution >= 4 is 23.6 Å². The summed E-state index contributed by atoms with van der Waals surface area (Å²) in [7, 11) is 0. The smallest absolute Gasteiger partial charge is 0.475 e. The van der Waals surface area contributed by atoms with Crippen LogP contribution in [0.4, 0.5) is 23.7 Å². The van der Waals surface area contributed by atoms with Crippen molar-refractivity contribution in [1.29, 1.82) is 0 Å². The first-order valence-corrected chi connectivity index (χ1v) is 12.1. The van der Waals surface area contributed by atoms with Gasteiger partial charge in [-0.25, -0.2) is 9.59 Å². The molecule has 194 valence electrons. The summed E-state index contributed by atoms with van der Waals surface area (Å²) < 4.78 is 31.7. The summed E-state index contributed by atoms with van der Waals surface area (Å²) in [5.41, 5.74) is 1.36. The van der Waals surface area contributed by atoms with Crippen LogP contribution < -0.4 is 10.6 Å². The number of amides is 3. The molecule has 8 nitrogen and oxygen atoms in total. The van der Waals surface area contributed by atoms with Gasteiger partial charge in [0, 0.05) is 43.5 Å². The van der Waals surface area contributed by atoms with Crippen LogP contribution in [-0.2, 0) is 4.79 Å². The summed E-state index contributed by atoms with van der Waals surface area (Å²) >= 11 is 0. The maximum atomic E-state index is 12.7. The van der Waals surface area contributed by atoms with E-state index < -0.39 is 12.1 Å². The molecular formula is C24H33F3N4O4. The molecule has 3 aliphatic rings. The quantitative estimate of drug-likeness (QED) is 0.586. The van der Waals surface area contributed by atoms with Crippen molar-refractivity contribution in [3.8, 4) is 0 Å². The van der Waals surface area contributed by atoms with Gasteiger partial charge >= 0.3 is 18.2 Å². The number of hydrogen-bond donors (Lipinski definition) is 3. The highest BCUT2D eigenvalue weighted by molar-refractivity contribution is 5.97. The van der Waals surface area contributed by atoms with Crippen LogP contribution in [0.25, 0.3) is 0 Å². The molecule has 1 unspecified atom stereocenters. The van der Waals surface area contributed by atoms with Gasteiger partial charge in [-0.05, 0) is 75.6 Å². The van der Waals surface area contributed by atoms with Gasteiger partial charge in [0.25, 0.3) is 5.91 Å². The first kappa shape index (κ1) is 26.8. The molecule has 11 heteroatoms. The summed E-state index contributed by atoms with van der Waals surface area (Å²) in [5, 5.41) is 13.7. The SMILES string of the molecule is O=C(Nc1cccc(C(=O)N2CCCCC2)c1)N1CCC(C2CCCN2)CC1.O=C(O)C(F)(F)F. The fourth-order valence-corrected chi connectivity index (χ4v) is 4.83. The van der Waals surface area contributed by atoms with Gasteiger partial charge in [-0.3, -0.25) is 4.79 Å². The molecule has 3 amide bonds. The number of urea groups is 1. The van der Waals surface area contributed by atoms with E-state index >= 15 is 0 Å². The minimum Gasteiger partial charge on any atom is -0.475 e. The molecule has 4 rings (SSSR count). The van der Waals surface area contributed by atoms with Crippen molar-refractivity contribution in [3.63, 3.8) is 0 Å². The normalized spacial score (nSPS) is 21.2. The van der Waals surface area contributed by atoms with Crippen molar-refractivity contribution in [2.24, 2.45) is 5.92 Å². The number of halogens is 3. The second-order valence-corrected chi connectivity index (χ2v) is 9.19. The maximum Gasteiger partial charge on any atom is 0.490 e. The Kier molecular flexibility index (Phi) is 9.36. The summed E-state index contributed by atoms with van der Waals surface area (Å²) in [6.45, 7) is 4.42. The summed E-state index contributed by atoms with van der Waals surface area (Å²) in [4.78, 5) is 38.1. The van der Waals surface area contributed by atoms with Crippen molar-refractivity contribution in [1.82, 2.24) is 15.1 Å². The number of nitrogens with one attached hydrogen (secondary N) is 2. The maximum absolute atomic E-state index is 12.7. The third-order valence-electron chi connectivity index (χ3n) is 6.74. The number of nitrogens with zero attached hydrogens (tertiary/aromatic N) is 2. The van der Waals surface area contributed by atoms with E-state index in [4.69, 9.17) is 9.90 Å². The zero-order valence-corrected chi connectivity index (χ0v) is 19.6. The lowest BCUT2D eigenvalue weighted by Gasteiger charge is -2.34. The van der Waals surface area contributed by atoms with Crippen LogP contribution in [0.1, 0.15) is 55.3 Å². The molecule has 35 heavy (non-hydrogen) atoms. The lowest BCUT2D eigenvalue weighted by Crippen LogP contribution is -2.44. The number of carbonyl (C=O) groups excluding carboxylic acids is 2. The fraction of sp³-hybridized carbons (Fsp3) is 0.625. The number of carboxylic acid groups (broad SMARTS) is 1. The van der Waals surface area contributed by atoms with Gasteiger partial charge in [-0.2, -0.15) is 13.2 Å². The van der Waals surface area contributed by atoms with Crippen molar-refractivity contribution in [3.05, 3.63) is 29.8 Å². The van der Waals surface area contributed by atoms with E-state index in [1.165, 1.54) is 19.3 Å².